The number of carbonyl (C=O) groups excluding carboxylic acids is 1. The lowest BCUT2D eigenvalue weighted by Gasteiger charge is -2.07. The number of pyridine rings is 1. The molecule has 0 radical (unpaired) electrons. The lowest BCUT2D eigenvalue weighted by molar-refractivity contribution is -0.118. The van der Waals surface area contributed by atoms with Gasteiger partial charge in [0.25, 0.3) is 5.91 Å². The van der Waals surface area contributed by atoms with Crippen LogP contribution in [0.25, 0.3) is 11.5 Å². The fourth-order valence-corrected chi connectivity index (χ4v) is 2.89. The van der Waals surface area contributed by atoms with Crippen molar-refractivity contribution in [1.82, 2.24) is 20.2 Å². The largest absolute Gasteiger partial charge is 0.484 e. The summed E-state index contributed by atoms with van der Waals surface area (Å²) in [6.45, 7) is -0.0849. The molecule has 3 aromatic rings. The zero-order valence-electron chi connectivity index (χ0n) is 13.5. The zero-order chi connectivity index (χ0) is 17.1. The van der Waals surface area contributed by atoms with Crippen LogP contribution in [0.1, 0.15) is 17.5 Å². The highest BCUT2D eigenvalue weighted by molar-refractivity contribution is 5.90. The Balaban J connectivity index is 1.34. The molecule has 0 atom stereocenters. The van der Waals surface area contributed by atoms with E-state index in [1.54, 1.807) is 6.20 Å². The Morgan fingerprint density at radius 2 is 2.08 bits per heavy atom. The Morgan fingerprint density at radius 1 is 1.16 bits per heavy atom. The van der Waals surface area contributed by atoms with Crippen molar-refractivity contribution >= 4 is 11.9 Å². The third-order valence-electron chi connectivity index (χ3n) is 4.09. The standard InChI is InChI=1S/C18H17N5O2/c24-16(11-25-14-8-7-12-4-3-5-13(12)10-14)20-18-21-17(22-23-18)15-6-1-2-9-19-15/h1-2,6-10H,3-5,11H2,(H2,20,21,22,23,24). The molecule has 1 aromatic carbocycles. The minimum atomic E-state index is -0.302. The number of hydrogen-bond donors (Lipinski definition) is 2. The maximum absolute atomic E-state index is 12.0. The molecule has 0 bridgehead atoms. The number of aromatic nitrogens is 4. The van der Waals surface area contributed by atoms with Gasteiger partial charge in [0.1, 0.15) is 11.4 Å². The van der Waals surface area contributed by atoms with E-state index in [1.165, 1.54) is 17.5 Å². The van der Waals surface area contributed by atoms with E-state index >= 15 is 0 Å². The minimum Gasteiger partial charge on any atom is -0.484 e. The van der Waals surface area contributed by atoms with Crippen LogP contribution in [0.4, 0.5) is 5.95 Å². The summed E-state index contributed by atoms with van der Waals surface area (Å²) in [5, 5.41) is 10.5. The van der Waals surface area contributed by atoms with Crippen molar-refractivity contribution in [3.63, 3.8) is 0 Å². The van der Waals surface area contributed by atoms with Gasteiger partial charge in [-0.1, -0.05) is 12.1 Å². The average molecular weight is 335 g/mol. The van der Waals surface area contributed by atoms with Crippen LogP contribution in [0.15, 0.2) is 42.6 Å². The summed E-state index contributed by atoms with van der Waals surface area (Å²) in [6, 6.07) is 11.5. The Bertz CT molecular complexity index is 891. The van der Waals surface area contributed by atoms with Crippen LogP contribution in [0.3, 0.4) is 0 Å². The molecule has 0 fully saturated rings. The molecule has 2 heterocycles. The van der Waals surface area contributed by atoms with E-state index < -0.39 is 0 Å². The fraction of sp³-hybridized carbons (Fsp3) is 0.222. The average Bonchev–Trinajstić information content (AvgIpc) is 3.29. The van der Waals surface area contributed by atoms with Crippen LogP contribution in [0.2, 0.25) is 0 Å². The van der Waals surface area contributed by atoms with Gasteiger partial charge in [0.2, 0.25) is 5.95 Å². The number of carbonyl (C=O) groups is 1. The second-order valence-electron chi connectivity index (χ2n) is 5.86. The summed E-state index contributed by atoms with van der Waals surface area (Å²) < 4.78 is 5.57. The molecule has 7 heteroatoms. The van der Waals surface area contributed by atoms with Gasteiger partial charge < -0.3 is 9.72 Å². The number of fused-ring (bicyclic) bond motifs is 1. The van der Waals surface area contributed by atoms with Crippen molar-refractivity contribution in [2.75, 3.05) is 11.9 Å². The van der Waals surface area contributed by atoms with E-state index in [-0.39, 0.29) is 18.5 Å². The van der Waals surface area contributed by atoms with Crippen LogP contribution < -0.4 is 10.1 Å². The first kappa shape index (κ1) is 15.3. The van der Waals surface area contributed by atoms with Crippen LogP contribution in [-0.4, -0.2) is 32.7 Å². The number of H-pyrrole nitrogens is 1. The highest BCUT2D eigenvalue weighted by Crippen LogP contribution is 2.26. The molecular formula is C18H17N5O2. The van der Waals surface area contributed by atoms with Crippen molar-refractivity contribution in [1.29, 1.82) is 0 Å². The van der Waals surface area contributed by atoms with Gasteiger partial charge in [-0.25, -0.2) is 0 Å². The van der Waals surface area contributed by atoms with Gasteiger partial charge in [-0.3, -0.25) is 15.1 Å². The third-order valence-corrected chi connectivity index (χ3v) is 4.09. The fourth-order valence-electron chi connectivity index (χ4n) is 2.89. The third kappa shape index (κ3) is 3.50. The molecule has 0 saturated carbocycles. The van der Waals surface area contributed by atoms with Crippen LogP contribution in [-0.2, 0) is 17.6 Å². The van der Waals surface area contributed by atoms with Crippen LogP contribution >= 0.6 is 0 Å². The number of amides is 1. The van der Waals surface area contributed by atoms with E-state index in [1.807, 2.05) is 30.3 Å². The molecule has 2 N–H and O–H groups in total. The molecule has 25 heavy (non-hydrogen) atoms. The monoisotopic (exact) mass is 335 g/mol. The first-order valence-electron chi connectivity index (χ1n) is 8.16. The Morgan fingerprint density at radius 3 is 2.96 bits per heavy atom. The lowest BCUT2D eigenvalue weighted by atomic mass is 10.1. The van der Waals surface area contributed by atoms with Crippen molar-refractivity contribution in [2.24, 2.45) is 0 Å². The highest BCUT2D eigenvalue weighted by Gasteiger charge is 2.13. The molecule has 0 saturated heterocycles. The van der Waals surface area contributed by atoms with Gasteiger partial charge in [0, 0.05) is 6.20 Å². The van der Waals surface area contributed by atoms with Crippen LogP contribution in [0, 0.1) is 0 Å². The zero-order valence-corrected chi connectivity index (χ0v) is 13.5. The number of hydrogen-bond acceptors (Lipinski definition) is 5. The molecule has 126 valence electrons. The summed E-state index contributed by atoms with van der Waals surface area (Å²) >= 11 is 0. The Hall–Kier alpha value is -3.22. The van der Waals surface area contributed by atoms with Gasteiger partial charge in [0.05, 0.1) is 0 Å². The van der Waals surface area contributed by atoms with E-state index in [0.717, 1.165) is 12.8 Å². The van der Waals surface area contributed by atoms with Gasteiger partial charge in [-0.2, -0.15) is 0 Å². The topological polar surface area (TPSA) is 92.8 Å². The van der Waals surface area contributed by atoms with E-state index in [2.05, 4.69) is 31.5 Å². The highest BCUT2D eigenvalue weighted by atomic mass is 16.5. The molecule has 0 unspecified atom stereocenters. The molecule has 0 spiro atoms. The minimum absolute atomic E-state index is 0.0849. The number of benzene rings is 1. The molecule has 1 aliphatic carbocycles. The normalized spacial score (nSPS) is 12.6. The summed E-state index contributed by atoms with van der Waals surface area (Å²) in [5.74, 6) is 1.17. The quantitative estimate of drug-likeness (QED) is 0.747. The smallest absolute Gasteiger partial charge is 0.264 e. The van der Waals surface area contributed by atoms with Crippen molar-refractivity contribution in [3.8, 4) is 17.3 Å². The predicted octanol–water partition coefficient (Wildman–Crippen LogP) is 2.37. The molecule has 2 aromatic heterocycles. The number of anilines is 1. The van der Waals surface area contributed by atoms with E-state index in [9.17, 15) is 4.79 Å². The van der Waals surface area contributed by atoms with Crippen molar-refractivity contribution in [2.45, 2.75) is 19.3 Å². The maximum atomic E-state index is 12.0. The van der Waals surface area contributed by atoms with E-state index in [0.29, 0.717) is 17.3 Å². The number of aromatic amines is 1. The van der Waals surface area contributed by atoms with Gasteiger partial charge in [-0.15, -0.1) is 10.2 Å². The number of nitrogens with zero attached hydrogens (tertiary/aromatic N) is 3. The molecular weight excluding hydrogens is 318 g/mol. The Kier molecular flexibility index (Phi) is 4.12. The molecule has 4 rings (SSSR count). The predicted molar refractivity (Wildman–Crippen MR) is 92.2 cm³/mol. The second kappa shape index (κ2) is 6.72. The Labute approximate surface area is 144 Å². The van der Waals surface area contributed by atoms with Gasteiger partial charge in [-0.05, 0) is 54.7 Å². The maximum Gasteiger partial charge on any atom is 0.264 e. The number of nitrogens with one attached hydrogen (secondary N) is 2. The molecule has 1 aliphatic rings. The van der Waals surface area contributed by atoms with Crippen LogP contribution in [0.5, 0.6) is 5.75 Å². The number of aryl methyl sites for hydroxylation is 2. The summed E-state index contributed by atoms with van der Waals surface area (Å²) in [6.07, 6.45) is 5.05. The summed E-state index contributed by atoms with van der Waals surface area (Å²) in [4.78, 5) is 19.1. The first-order valence-corrected chi connectivity index (χ1v) is 8.16. The van der Waals surface area contributed by atoms with Crippen molar-refractivity contribution < 1.29 is 9.53 Å². The van der Waals surface area contributed by atoms with Gasteiger partial charge in [0.15, 0.2) is 12.4 Å². The summed E-state index contributed by atoms with van der Waals surface area (Å²) in [5.41, 5.74) is 3.35. The first-order chi connectivity index (χ1) is 12.3. The van der Waals surface area contributed by atoms with E-state index in [4.69, 9.17) is 4.74 Å². The molecule has 7 nitrogen and oxygen atoms in total. The lowest BCUT2D eigenvalue weighted by Crippen LogP contribution is -2.20. The number of ether oxygens (including phenoxy) is 1. The summed E-state index contributed by atoms with van der Waals surface area (Å²) in [7, 11) is 0. The molecule has 0 aliphatic heterocycles. The SMILES string of the molecule is O=C(COc1ccc2c(c1)CCC2)Nc1nnc(-c2ccccn2)[nH]1. The van der Waals surface area contributed by atoms with Crippen molar-refractivity contribution in [3.05, 3.63) is 53.7 Å². The second-order valence-corrected chi connectivity index (χ2v) is 5.86. The number of rotatable bonds is 5. The molecule has 1 amide bonds. The van der Waals surface area contributed by atoms with Gasteiger partial charge >= 0.3 is 0 Å².